The molecular weight excluding hydrogens is 655 g/mol. The molecule has 0 unspecified atom stereocenters. The highest BCUT2D eigenvalue weighted by molar-refractivity contribution is 6.06. The van der Waals surface area contributed by atoms with Gasteiger partial charge in [0.2, 0.25) is 0 Å². The van der Waals surface area contributed by atoms with Crippen molar-refractivity contribution in [2.75, 3.05) is 4.90 Å². The smallest absolute Gasteiger partial charge is 0.136 e. The van der Waals surface area contributed by atoms with Gasteiger partial charge in [0.15, 0.2) is 0 Å². The Labute approximate surface area is 317 Å². The molecule has 0 aliphatic heterocycles. The van der Waals surface area contributed by atoms with Gasteiger partial charge in [-0.1, -0.05) is 160 Å². The molecule has 0 saturated heterocycles. The van der Waals surface area contributed by atoms with Crippen LogP contribution in [-0.4, -0.2) is 0 Å². The zero-order valence-corrected chi connectivity index (χ0v) is 30.8. The van der Waals surface area contributed by atoms with Crippen LogP contribution in [0.4, 0.5) is 17.1 Å². The Bertz CT molecular complexity index is 2720. The van der Waals surface area contributed by atoms with Gasteiger partial charge in [-0.25, -0.2) is 0 Å². The van der Waals surface area contributed by atoms with E-state index in [4.69, 9.17) is 4.42 Å². The SMILES string of the molecule is CC(C)(C)c1cc(-c2ccccc2-c2ccccc2)ccc1N(c1ccc(-c2ccccc2)cc1)c1ccc(-c2ccc3c(c2)oc2ccccc23)cc1. The van der Waals surface area contributed by atoms with Crippen molar-refractivity contribution in [3.63, 3.8) is 0 Å². The molecule has 0 saturated carbocycles. The van der Waals surface area contributed by atoms with Crippen LogP contribution in [0.2, 0.25) is 0 Å². The zero-order valence-electron chi connectivity index (χ0n) is 30.8. The molecule has 2 heteroatoms. The number of nitrogens with zero attached hydrogens (tertiary/aromatic N) is 1. The summed E-state index contributed by atoms with van der Waals surface area (Å²) in [6.07, 6.45) is 0. The van der Waals surface area contributed by atoms with E-state index in [1.54, 1.807) is 0 Å². The van der Waals surface area contributed by atoms with Crippen molar-refractivity contribution in [3.05, 3.63) is 200 Å². The molecule has 54 heavy (non-hydrogen) atoms. The Morgan fingerprint density at radius 2 is 0.852 bits per heavy atom. The topological polar surface area (TPSA) is 16.4 Å². The predicted octanol–water partition coefficient (Wildman–Crippen LogP) is 15.0. The van der Waals surface area contributed by atoms with Crippen LogP contribution >= 0.6 is 0 Å². The van der Waals surface area contributed by atoms with Crippen LogP contribution in [0.5, 0.6) is 0 Å². The number of rotatable bonds is 7. The second-order valence-electron chi connectivity index (χ2n) is 15.0. The van der Waals surface area contributed by atoms with E-state index in [0.29, 0.717) is 0 Å². The minimum absolute atomic E-state index is 0.142. The van der Waals surface area contributed by atoms with Gasteiger partial charge in [0.1, 0.15) is 11.2 Å². The molecule has 0 bridgehead atoms. The highest BCUT2D eigenvalue weighted by atomic mass is 16.3. The molecule has 9 aromatic rings. The van der Waals surface area contributed by atoms with Gasteiger partial charge in [-0.2, -0.15) is 0 Å². The lowest BCUT2D eigenvalue weighted by Crippen LogP contribution is -2.19. The van der Waals surface area contributed by atoms with Crippen LogP contribution in [0.3, 0.4) is 0 Å². The van der Waals surface area contributed by atoms with Gasteiger partial charge in [-0.3, -0.25) is 0 Å². The van der Waals surface area contributed by atoms with Gasteiger partial charge < -0.3 is 9.32 Å². The fraction of sp³-hybridized carbons (Fsp3) is 0.0769. The summed E-state index contributed by atoms with van der Waals surface area (Å²) in [5.74, 6) is 0. The van der Waals surface area contributed by atoms with E-state index in [2.05, 4.69) is 208 Å². The maximum Gasteiger partial charge on any atom is 0.136 e. The molecule has 1 aromatic heterocycles. The predicted molar refractivity (Wildman–Crippen MR) is 229 cm³/mol. The van der Waals surface area contributed by atoms with Crippen LogP contribution in [0, 0.1) is 0 Å². The summed E-state index contributed by atoms with van der Waals surface area (Å²) in [6, 6.07) is 69.7. The average Bonchev–Trinajstić information content (AvgIpc) is 3.60. The minimum atomic E-state index is -0.142. The molecule has 9 rings (SSSR count). The third kappa shape index (κ3) is 6.27. The number of hydrogen-bond donors (Lipinski definition) is 0. The Kier molecular flexibility index (Phi) is 8.44. The van der Waals surface area contributed by atoms with Gasteiger partial charge in [-0.05, 0) is 110 Å². The monoisotopic (exact) mass is 695 g/mol. The average molecular weight is 696 g/mol. The first-order valence-electron chi connectivity index (χ1n) is 18.7. The fourth-order valence-corrected chi connectivity index (χ4v) is 7.67. The molecule has 0 atom stereocenters. The van der Waals surface area contributed by atoms with E-state index in [1.807, 2.05) is 12.1 Å². The number of para-hydroxylation sites is 1. The van der Waals surface area contributed by atoms with Gasteiger partial charge in [0.25, 0.3) is 0 Å². The number of benzene rings is 8. The summed E-state index contributed by atoms with van der Waals surface area (Å²) in [5, 5.41) is 2.29. The van der Waals surface area contributed by atoms with Crippen molar-refractivity contribution in [2.24, 2.45) is 0 Å². The summed E-state index contributed by atoms with van der Waals surface area (Å²) < 4.78 is 6.24. The maximum atomic E-state index is 6.24. The van der Waals surface area contributed by atoms with E-state index < -0.39 is 0 Å². The van der Waals surface area contributed by atoms with E-state index in [9.17, 15) is 0 Å². The van der Waals surface area contributed by atoms with E-state index in [-0.39, 0.29) is 5.41 Å². The normalized spacial score (nSPS) is 11.6. The van der Waals surface area contributed by atoms with Crippen molar-refractivity contribution >= 4 is 39.0 Å². The summed E-state index contributed by atoms with van der Waals surface area (Å²) in [4.78, 5) is 2.41. The van der Waals surface area contributed by atoms with Crippen molar-refractivity contribution < 1.29 is 4.42 Å². The fourth-order valence-electron chi connectivity index (χ4n) is 7.67. The van der Waals surface area contributed by atoms with Crippen LogP contribution in [0.25, 0.3) is 66.4 Å². The number of anilines is 3. The lowest BCUT2D eigenvalue weighted by atomic mass is 9.82. The third-order valence-electron chi connectivity index (χ3n) is 10.4. The van der Waals surface area contributed by atoms with Crippen molar-refractivity contribution in [1.82, 2.24) is 0 Å². The summed E-state index contributed by atoms with van der Waals surface area (Å²) >= 11 is 0. The molecule has 0 N–H and O–H groups in total. The van der Waals surface area contributed by atoms with E-state index in [1.165, 1.54) is 38.9 Å². The minimum Gasteiger partial charge on any atom is -0.456 e. The Morgan fingerprint density at radius 3 is 1.50 bits per heavy atom. The molecule has 2 nitrogen and oxygen atoms in total. The van der Waals surface area contributed by atoms with Crippen molar-refractivity contribution in [2.45, 2.75) is 26.2 Å². The van der Waals surface area contributed by atoms with E-state index in [0.717, 1.165) is 50.1 Å². The van der Waals surface area contributed by atoms with Crippen LogP contribution < -0.4 is 4.90 Å². The Morgan fingerprint density at radius 1 is 0.370 bits per heavy atom. The molecule has 8 aromatic carbocycles. The highest BCUT2D eigenvalue weighted by Gasteiger charge is 2.25. The van der Waals surface area contributed by atoms with Gasteiger partial charge >= 0.3 is 0 Å². The molecule has 260 valence electrons. The van der Waals surface area contributed by atoms with Crippen molar-refractivity contribution in [3.8, 4) is 44.5 Å². The first kappa shape index (κ1) is 33.2. The molecule has 1 heterocycles. The Balaban J connectivity index is 1.16. The van der Waals surface area contributed by atoms with E-state index >= 15 is 0 Å². The first-order chi connectivity index (χ1) is 26.4. The van der Waals surface area contributed by atoms with Crippen LogP contribution in [-0.2, 0) is 5.41 Å². The van der Waals surface area contributed by atoms with Gasteiger partial charge in [0, 0.05) is 27.8 Å². The lowest BCUT2D eigenvalue weighted by molar-refractivity contribution is 0.591. The molecule has 0 spiro atoms. The van der Waals surface area contributed by atoms with Crippen LogP contribution in [0.15, 0.2) is 199 Å². The summed E-state index contributed by atoms with van der Waals surface area (Å²) in [7, 11) is 0. The number of furan rings is 1. The van der Waals surface area contributed by atoms with Crippen molar-refractivity contribution in [1.29, 1.82) is 0 Å². The standard InChI is InChI=1S/C52H41NO/c1-52(2,3)48-34-41(45-19-11-10-18-44(45)39-16-8-5-9-17-39)27-33-49(48)53(42-28-22-37(23-29-42)36-14-6-4-7-15-36)43-30-24-38(25-31-43)40-26-32-47-46-20-12-13-21-50(46)54-51(47)35-40/h4-35H,1-3H3. The molecule has 0 amide bonds. The van der Waals surface area contributed by atoms with Gasteiger partial charge in [-0.15, -0.1) is 0 Å². The maximum absolute atomic E-state index is 6.24. The second kappa shape index (κ2) is 13.7. The Hall–Kier alpha value is -6.64. The summed E-state index contributed by atoms with van der Waals surface area (Å²) in [5.41, 5.74) is 15.9. The zero-order chi connectivity index (χ0) is 36.6. The molecule has 0 aliphatic carbocycles. The lowest BCUT2D eigenvalue weighted by Gasteiger charge is -2.33. The number of hydrogen-bond acceptors (Lipinski definition) is 2. The quantitative estimate of drug-likeness (QED) is 0.165. The van der Waals surface area contributed by atoms with Crippen LogP contribution in [0.1, 0.15) is 26.3 Å². The highest BCUT2D eigenvalue weighted by Crippen LogP contribution is 2.45. The summed E-state index contributed by atoms with van der Waals surface area (Å²) in [6.45, 7) is 6.94. The van der Waals surface area contributed by atoms with Gasteiger partial charge in [0.05, 0.1) is 0 Å². The first-order valence-corrected chi connectivity index (χ1v) is 18.7. The molecular formula is C52H41NO. The molecule has 0 radical (unpaired) electrons. The second-order valence-corrected chi connectivity index (χ2v) is 15.0. The number of fused-ring (bicyclic) bond motifs is 3. The molecule has 0 fully saturated rings. The molecule has 0 aliphatic rings. The third-order valence-corrected chi connectivity index (χ3v) is 10.4. The largest absolute Gasteiger partial charge is 0.456 e.